The molecule has 0 spiro atoms. The van der Waals surface area contributed by atoms with E-state index >= 15 is 0 Å². The van der Waals surface area contributed by atoms with Crippen molar-refractivity contribution in [3.63, 3.8) is 0 Å². The predicted octanol–water partition coefficient (Wildman–Crippen LogP) is 4.59. The van der Waals surface area contributed by atoms with E-state index in [1.807, 2.05) is 22.6 Å². The van der Waals surface area contributed by atoms with Crippen LogP contribution in [0.4, 0.5) is 17.6 Å². The number of rotatable bonds is 5. The van der Waals surface area contributed by atoms with E-state index in [2.05, 4.69) is 6.58 Å². The molecule has 0 heterocycles. The maximum Gasteiger partial charge on any atom is 0.326 e. The van der Waals surface area contributed by atoms with E-state index in [1.54, 1.807) is 28.7 Å². The molecule has 0 radical (unpaired) electrons. The molecule has 0 aromatic rings. The molecule has 0 bridgehead atoms. The minimum Gasteiger partial charge on any atom is -0.203 e. The standard InChI is InChI=1S/C8H8F4I2/c1-2-3-5(13)6(14)4-8(11,12)7(9)10/h2,4-5,7H,1,3H2. The largest absolute Gasteiger partial charge is 0.326 e. The van der Waals surface area contributed by atoms with E-state index in [9.17, 15) is 17.6 Å². The number of allylic oxidation sites excluding steroid dienone is 3. The summed E-state index contributed by atoms with van der Waals surface area (Å²) in [5.74, 6) is -4.04. The van der Waals surface area contributed by atoms with E-state index in [1.165, 1.54) is 0 Å². The van der Waals surface area contributed by atoms with Crippen molar-refractivity contribution in [2.45, 2.75) is 22.7 Å². The SMILES string of the molecule is C=CCC(I)C(I)=CC(F)(F)C(F)F. The summed E-state index contributed by atoms with van der Waals surface area (Å²) in [6.07, 6.45) is -1.29. The molecular weight excluding hydrogens is 426 g/mol. The quantitative estimate of drug-likeness (QED) is 0.257. The molecule has 82 valence electrons. The predicted molar refractivity (Wildman–Crippen MR) is 65.7 cm³/mol. The Balaban J connectivity index is 4.56. The highest BCUT2D eigenvalue weighted by Crippen LogP contribution is 2.31. The fourth-order valence-corrected chi connectivity index (χ4v) is 1.81. The van der Waals surface area contributed by atoms with Gasteiger partial charge in [-0.1, -0.05) is 28.7 Å². The highest BCUT2D eigenvalue weighted by atomic mass is 127. The van der Waals surface area contributed by atoms with Crippen LogP contribution in [0.3, 0.4) is 0 Å². The minimum absolute atomic E-state index is 0.216. The third kappa shape index (κ3) is 4.94. The maximum atomic E-state index is 12.5. The third-order valence-corrected chi connectivity index (χ3v) is 4.73. The average molecular weight is 434 g/mol. The molecule has 0 rings (SSSR count). The third-order valence-electron chi connectivity index (χ3n) is 1.29. The summed E-state index contributed by atoms with van der Waals surface area (Å²) in [6.45, 7) is 3.44. The van der Waals surface area contributed by atoms with E-state index in [4.69, 9.17) is 0 Å². The van der Waals surface area contributed by atoms with Crippen LogP contribution >= 0.6 is 45.2 Å². The highest BCUT2D eigenvalue weighted by Gasteiger charge is 2.38. The van der Waals surface area contributed by atoms with E-state index in [0.29, 0.717) is 12.5 Å². The zero-order valence-corrected chi connectivity index (χ0v) is 11.3. The van der Waals surface area contributed by atoms with Crippen molar-refractivity contribution in [2.75, 3.05) is 0 Å². The monoisotopic (exact) mass is 434 g/mol. The minimum atomic E-state index is -4.04. The second-order valence-corrected chi connectivity index (χ2v) is 5.25. The van der Waals surface area contributed by atoms with Gasteiger partial charge in [0.15, 0.2) is 0 Å². The van der Waals surface area contributed by atoms with Crippen LogP contribution in [0.5, 0.6) is 0 Å². The molecular formula is C8H8F4I2. The van der Waals surface area contributed by atoms with Crippen molar-refractivity contribution in [3.05, 3.63) is 22.3 Å². The van der Waals surface area contributed by atoms with E-state index in [0.717, 1.165) is 0 Å². The van der Waals surface area contributed by atoms with Gasteiger partial charge in [-0.2, -0.15) is 8.78 Å². The summed E-state index contributed by atoms with van der Waals surface area (Å²) >= 11 is 3.55. The van der Waals surface area contributed by atoms with Crippen molar-refractivity contribution in [1.29, 1.82) is 0 Å². The molecule has 1 atom stereocenters. The molecule has 0 aliphatic rings. The molecule has 0 amide bonds. The van der Waals surface area contributed by atoms with E-state index in [-0.39, 0.29) is 7.50 Å². The van der Waals surface area contributed by atoms with Crippen LogP contribution in [-0.2, 0) is 0 Å². The van der Waals surface area contributed by atoms with Crippen molar-refractivity contribution in [3.8, 4) is 0 Å². The van der Waals surface area contributed by atoms with Crippen LogP contribution in [0.2, 0.25) is 0 Å². The number of hydrogen-bond donors (Lipinski definition) is 0. The second kappa shape index (κ2) is 6.29. The van der Waals surface area contributed by atoms with Gasteiger partial charge in [-0.3, -0.25) is 0 Å². The van der Waals surface area contributed by atoms with Crippen LogP contribution in [0.15, 0.2) is 22.3 Å². The molecule has 0 N–H and O–H groups in total. The molecule has 0 saturated heterocycles. The molecule has 0 aromatic carbocycles. The lowest BCUT2D eigenvalue weighted by Gasteiger charge is -2.13. The molecule has 0 nitrogen and oxygen atoms in total. The average Bonchev–Trinajstić information content (AvgIpc) is 2.03. The van der Waals surface area contributed by atoms with Gasteiger partial charge in [-0.15, -0.1) is 6.58 Å². The Morgan fingerprint density at radius 2 is 1.93 bits per heavy atom. The van der Waals surface area contributed by atoms with Gasteiger partial charge in [-0.05, 0) is 29.0 Å². The van der Waals surface area contributed by atoms with Crippen LogP contribution in [0.25, 0.3) is 0 Å². The first-order valence-electron chi connectivity index (χ1n) is 3.60. The van der Waals surface area contributed by atoms with Gasteiger partial charge in [0.2, 0.25) is 0 Å². The molecule has 0 saturated carbocycles. The normalized spacial score (nSPS) is 15.8. The number of halogens is 6. The van der Waals surface area contributed by atoms with Crippen molar-refractivity contribution in [1.82, 2.24) is 0 Å². The molecule has 0 fully saturated rings. The van der Waals surface area contributed by atoms with Gasteiger partial charge in [0.05, 0.1) is 0 Å². The fraction of sp³-hybridized carbons (Fsp3) is 0.500. The number of hydrogen-bond acceptors (Lipinski definition) is 0. The van der Waals surface area contributed by atoms with Crippen LogP contribution in [0.1, 0.15) is 6.42 Å². The maximum absolute atomic E-state index is 12.5. The van der Waals surface area contributed by atoms with Crippen LogP contribution in [0, 0.1) is 0 Å². The lowest BCUT2D eigenvalue weighted by atomic mass is 10.2. The Hall–Kier alpha value is 0.660. The first-order chi connectivity index (χ1) is 6.31. The topological polar surface area (TPSA) is 0 Å². The summed E-state index contributed by atoms with van der Waals surface area (Å²) in [5, 5.41) is 0. The van der Waals surface area contributed by atoms with Gasteiger partial charge in [0, 0.05) is 13.6 Å². The zero-order valence-electron chi connectivity index (χ0n) is 6.99. The summed E-state index contributed by atoms with van der Waals surface area (Å²) < 4.78 is 48.7. The summed E-state index contributed by atoms with van der Waals surface area (Å²) in [6, 6.07) is 0. The van der Waals surface area contributed by atoms with Gasteiger partial charge in [0.1, 0.15) is 0 Å². The zero-order chi connectivity index (χ0) is 11.4. The molecule has 14 heavy (non-hydrogen) atoms. The van der Waals surface area contributed by atoms with Crippen LogP contribution in [-0.4, -0.2) is 16.3 Å². The lowest BCUT2D eigenvalue weighted by Crippen LogP contribution is -2.24. The highest BCUT2D eigenvalue weighted by molar-refractivity contribution is 14.1. The summed E-state index contributed by atoms with van der Waals surface area (Å²) in [4.78, 5) is 0. The molecule has 1 unspecified atom stereocenters. The first-order valence-corrected chi connectivity index (χ1v) is 5.93. The Labute approximate surface area is 107 Å². The summed E-state index contributed by atoms with van der Waals surface area (Å²) in [7, 11) is 0. The molecule has 6 heteroatoms. The van der Waals surface area contributed by atoms with Gasteiger partial charge in [-0.25, -0.2) is 8.78 Å². The van der Waals surface area contributed by atoms with Crippen molar-refractivity contribution < 1.29 is 17.6 Å². The second-order valence-electron chi connectivity index (χ2n) is 2.50. The van der Waals surface area contributed by atoms with Gasteiger partial charge < -0.3 is 0 Å². The Morgan fingerprint density at radius 1 is 1.43 bits per heavy atom. The van der Waals surface area contributed by atoms with Crippen molar-refractivity contribution >= 4 is 45.2 Å². The Kier molecular flexibility index (Phi) is 6.58. The molecule has 0 aromatic heterocycles. The fourth-order valence-electron chi connectivity index (χ4n) is 0.596. The van der Waals surface area contributed by atoms with E-state index < -0.39 is 12.3 Å². The van der Waals surface area contributed by atoms with Crippen molar-refractivity contribution in [2.24, 2.45) is 0 Å². The molecule has 0 aliphatic heterocycles. The number of alkyl halides is 5. The molecule has 0 aliphatic carbocycles. The first kappa shape index (κ1) is 14.7. The Morgan fingerprint density at radius 3 is 2.29 bits per heavy atom. The lowest BCUT2D eigenvalue weighted by molar-refractivity contribution is -0.0908. The van der Waals surface area contributed by atoms with Crippen LogP contribution < -0.4 is 0 Å². The Bertz CT molecular complexity index is 225. The smallest absolute Gasteiger partial charge is 0.203 e. The van der Waals surface area contributed by atoms with Gasteiger partial charge in [0.25, 0.3) is 0 Å². The van der Waals surface area contributed by atoms with Gasteiger partial charge >= 0.3 is 12.3 Å². The summed E-state index contributed by atoms with van der Waals surface area (Å²) in [5.41, 5.74) is 0.